The summed E-state index contributed by atoms with van der Waals surface area (Å²) in [6, 6.07) is -0.0347. The average molecular weight is 256 g/mol. The zero-order chi connectivity index (χ0) is 12.4. The lowest BCUT2D eigenvalue weighted by Gasteiger charge is -2.27. The maximum atomic E-state index is 12.4. The van der Waals surface area contributed by atoms with Crippen molar-refractivity contribution in [3.05, 3.63) is 16.9 Å². The fourth-order valence-electron chi connectivity index (χ4n) is 2.51. The Hall–Kier alpha value is -0.870. The molecule has 2 N–H and O–H groups in total. The minimum absolute atomic E-state index is 0.0347. The summed E-state index contributed by atoms with van der Waals surface area (Å²) in [5, 5.41) is 4.54. The van der Waals surface area contributed by atoms with Crippen LogP contribution in [0.1, 0.15) is 43.1 Å². The molecule has 1 fully saturated rings. The van der Waals surface area contributed by atoms with E-state index in [0.29, 0.717) is 17.3 Å². The summed E-state index contributed by atoms with van der Waals surface area (Å²) < 4.78 is 1.66. The van der Waals surface area contributed by atoms with Crippen LogP contribution in [0.25, 0.3) is 0 Å². The van der Waals surface area contributed by atoms with Crippen LogP contribution in [0.5, 0.6) is 0 Å². The quantitative estimate of drug-likeness (QED) is 0.843. The van der Waals surface area contributed by atoms with E-state index in [0.717, 1.165) is 25.7 Å². The standard InChI is InChI=1S/C12H18ClN3O/c1-2-16-11(9(13)7-15-16)12(17)8-5-3-4-6-10(8)14/h7-8,10H,2-6,14H2,1H3. The molecule has 5 heteroatoms. The largest absolute Gasteiger partial charge is 0.327 e. The number of Topliss-reactive ketones (excluding diaryl/α,β-unsaturated/α-hetero) is 1. The van der Waals surface area contributed by atoms with E-state index in [1.54, 1.807) is 4.68 Å². The molecular weight excluding hydrogens is 238 g/mol. The highest BCUT2D eigenvalue weighted by atomic mass is 35.5. The van der Waals surface area contributed by atoms with E-state index in [1.165, 1.54) is 6.20 Å². The van der Waals surface area contributed by atoms with Gasteiger partial charge in [-0.3, -0.25) is 9.48 Å². The summed E-state index contributed by atoms with van der Waals surface area (Å²) in [5.41, 5.74) is 6.56. The molecule has 4 nitrogen and oxygen atoms in total. The van der Waals surface area contributed by atoms with Crippen LogP contribution in [0.4, 0.5) is 0 Å². The maximum Gasteiger partial charge on any atom is 0.187 e. The molecule has 1 saturated carbocycles. The van der Waals surface area contributed by atoms with Gasteiger partial charge in [0.25, 0.3) is 0 Å². The third-order valence-electron chi connectivity index (χ3n) is 3.48. The van der Waals surface area contributed by atoms with Crippen LogP contribution in [-0.2, 0) is 6.54 Å². The number of nitrogens with two attached hydrogens (primary N) is 1. The molecule has 0 radical (unpaired) electrons. The van der Waals surface area contributed by atoms with Crippen molar-refractivity contribution in [2.75, 3.05) is 0 Å². The summed E-state index contributed by atoms with van der Waals surface area (Å²) in [5.74, 6) is -0.0372. The van der Waals surface area contributed by atoms with Gasteiger partial charge in [-0.25, -0.2) is 0 Å². The smallest absolute Gasteiger partial charge is 0.187 e. The minimum Gasteiger partial charge on any atom is -0.327 e. The van der Waals surface area contributed by atoms with Crippen molar-refractivity contribution < 1.29 is 4.79 Å². The highest BCUT2D eigenvalue weighted by molar-refractivity contribution is 6.33. The van der Waals surface area contributed by atoms with E-state index in [4.69, 9.17) is 17.3 Å². The van der Waals surface area contributed by atoms with Gasteiger partial charge in [0.05, 0.1) is 11.2 Å². The summed E-state index contributed by atoms with van der Waals surface area (Å²) in [7, 11) is 0. The van der Waals surface area contributed by atoms with Gasteiger partial charge in [0, 0.05) is 18.5 Å². The predicted molar refractivity (Wildman–Crippen MR) is 67.2 cm³/mol. The Labute approximate surface area is 106 Å². The molecule has 17 heavy (non-hydrogen) atoms. The van der Waals surface area contributed by atoms with Crippen LogP contribution in [0.15, 0.2) is 6.20 Å². The van der Waals surface area contributed by atoms with Crippen molar-refractivity contribution in [2.45, 2.75) is 45.2 Å². The number of nitrogens with zero attached hydrogens (tertiary/aromatic N) is 2. The Bertz CT molecular complexity index is 416. The molecule has 1 aromatic heterocycles. The van der Waals surface area contributed by atoms with Crippen LogP contribution in [0.3, 0.4) is 0 Å². The second-order valence-electron chi connectivity index (χ2n) is 4.58. The lowest BCUT2D eigenvalue weighted by molar-refractivity contribution is 0.0860. The van der Waals surface area contributed by atoms with Gasteiger partial charge in [-0.05, 0) is 19.8 Å². The molecule has 0 aliphatic heterocycles. The van der Waals surface area contributed by atoms with Gasteiger partial charge in [0.15, 0.2) is 5.78 Å². The predicted octanol–water partition coefficient (Wildman–Crippen LogP) is 2.26. The second-order valence-corrected chi connectivity index (χ2v) is 4.98. The molecule has 0 aromatic carbocycles. The van der Waals surface area contributed by atoms with Crippen LogP contribution in [0.2, 0.25) is 5.02 Å². The van der Waals surface area contributed by atoms with Crippen molar-refractivity contribution in [1.29, 1.82) is 0 Å². The zero-order valence-electron chi connectivity index (χ0n) is 10.0. The van der Waals surface area contributed by atoms with E-state index in [-0.39, 0.29) is 17.7 Å². The zero-order valence-corrected chi connectivity index (χ0v) is 10.8. The van der Waals surface area contributed by atoms with E-state index < -0.39 is 0 Å². The van der Waals surface area contributed by atoms with Crippen LogP contribution >= 0.6 is 11.6 Å². The van der Waals surface area contributed by atoms with Crippen molar-refractivity contribution in [2.24, 2.45) is 11.7 Å². The Balaban J connectivity index is 2.26. The monoisotopic (exact) mass is 255 g/mol. The normalized spacial score (nSPS) is 24.9. The molecule has 94 valence electrons. The number of halogens is 1. The topological polar surface area (TPSA) is 60.9 Å². The van der Waals surface area contributed by atoms with Crippen molar-refractivity contribution in [3.63, 3.8) is 0 Å². The highest BCUT2D eigenvalue weighted by Crippen LogP contribution is 2.28. The number of carbonyl (C=O) groups is 1. The van der Waals surface area contributed by atoms with Crippen LogP contribution in [0, 0.1) is 5.92 Å². The van der Waals surface area contributed by atoms with E-state index >= 15 is 0 Å². The van der Waals surface area contributed by atoms with Crippen LogP contribution < -0.4 is 5.73 Å². The van der Waals surface area contributed by atoms with Crippen LogP contribution in [-0.4, -0.2) is 21.6 Å². The van der Waals surface area contributed by atoms with Crippen molar-refractivity contribution >= 4 is 17.4 Å². The molecule has 1 aromatic rings. The molecule has 1 heterocycles. The average Bonchev–Trinajstić information content (AvgIpc) is 2.70. The van der Waals surface area contributed by atoms with E-state index in [9.17, 15) is 4.79 Å². The maximum absolute atomic E-state index is 12.4. The Morgan fingerprint density at radius 2 is 2.29 bits per heavy atom. The minimum atomic E-state index is -0.0942. The number of hydrogen-bond acceptors (Lipinski definition) is 3. The molecule has 2 atom stereocenters. The summed E-state index contributed by atoms with van der Waals surface area (Å²) in [6.07, 6.45) is 5.51. The summed E-state index contributed by atoms with van der Waals surface area (Å²) in [6.45, 7) is 2.59. The summed E-state index contributed by atoms with van der Waals surface area (Å²) >= 11 is 6.04. The molecule has 2 rings (SSSR count). The van der Waals surface area contributed by atoms with Crippen molar-refractivity contribution in [1.82, 2.24) is 9.78 Å². The second kappa shape index (κ2) is 5.19. The third kappa shape index (κ3) is 2.38. The summed E-state index contributed by atoms with van der Waals surface area (Å²) in [4.78, 5) is 12.4. The first-order chi connectivity index (χ1) is 8.15. The molecular formula is C12H18ClN3O. The molecule has 0 amide bonds. The lowest BCUT2D eigenvalue weighted by atomic mass is 9.81. The molecule has 2 unspecified atom stereocenters. The first-order valence-electron chi connectivity index (χ1n) is 6.16. The van der Waals surface area contributed by atoms with Gasteiger partial charge in [-0.15, -0.1) is 0 Å². The first kappa shape index (κ1) is 12.6. The molecule has 0 spiro atoms. The number of hydrogen-bond donors (Lipinski definition) is 1. The highest BCUT2D eigenvalue weighted by Gasteiger charge is 2.32. The van der Waals surface area contributed by atoms with Gasteiger partial charge in [0.1, 0.15) is 5.69 Å². The lowest BCUT2D eigenvalue weighted by Crippen LogP contribution is -2.38. The van der Waals surface area contributed by atoms with Gasteiger partial charge in [-0.2, -0.15) is 5.10 Å². The van der Waals surface area contributed by atoms with Crippen molar-refractivity contribution in [3.8, 4) is 0 Å². The van der Waals surface area contributed by atoms with Gasteiger partial charge in [0.2, 0.25) is 0 Å². The Kier molecular flexibility index (Phi) is 3.84. The Morgan fingerprint density at radius 1 is 1.59 bits per heavy atom. The molecule has 0 saturated heterocycles. The van der Waals surface area contributed by atoms with Gasteiger partial charge >= 0.3 is 0 Å². The van der Waals surface area contributed by atoms with Gasteiger partial charge in [-0.1, -0.05) is 24.4 Å². The van der Waals surface area contributed by atoms with E-state index in [1.807, 2.05) is 6.92 Å². The van der Waals surface area contributed by atoms with E-state index in [2.05, 4.69) is 5.10 Å². The molecule has 0 bridgehead atoms. The Morgan fingerprint density at radius 3 is 2.94 bits per heavy atom. The number of aryl methyl sites for hydroxylation is 1. The number of rotatable bonds is 3. The third-order valence-corrected chi connectivity index (χ3v) is 3.76. The first-order valence-corrected chi connectivity index (χ1v) is 6.54. The molecule has 1 aliphatic rings. The number of aromatic nitrogens is 2. The SMILES string of the molecule is CCn1ncc(Cl)c1C(=O)C1CCCCC1N. The number of ketones is 1. The number of carbonyl (C=O) groups excluding carboxylic acids is 1. The molecule has 1 aliphatic carbocycles. The fraction of sp³-hybridized carbons (Fsp3) is 0.667. The van der Waals surface area contributed by atoms with Gasteiger partial charge < -0.3 is 5.73 Å². The fourth-order valence-corrected chi connectivity index (χ4v) is 2.74.